The van der Waals surface area contributed by atoms with Crippen molar-refractivity contribution in [1.29, 1.82) is 0 Å². The van der Waals surface area contributed by atoms with Crippen LogP contribution in [-0.2, 0) is 0 Å². The maximum absolute atomic E-state index is 11.7. The minimum Gasteiger partial charge on any atom is -0.397 e. The Morgan fingerprint density at radius 3 is 2.74 bits per heavy atom. The van der Waals surface area contributed by atoms with Gasteiger partial charge in [0.2, 0.25) is 5.95 Å². The third-order valence-corrected chi connectivity index (χ3v) is 3.38. The van der Waals surface area contributed by atoms with Crippen molar-refractivity contribution >= 4 is 38.7 Å². The van der Waals surface area contributed by atoms with Crippen molar-refractivity contribution in [3.8, 4) is 11.4 Å². The highest BCUT2D eigenvalue weighted by molar-refractivity contribution is 9.10. The molecule has 0 aliphatic heterocycles. The summed E-state index contributed by atoms with van der Waals surface area (Å²) in [5.74, 6) is 0.496. The molecule has 3 rings (SSSR count). The molecular formula is C11H9BrN6O. The number of benzene rings is 1. The lowest BCUT2D eigenvalue weighted by atomic mass is 10.2. The largest absolute Gasteiger partial charge is 0.397 e. The zero-order valence-electron chi connectivity index (χ0n) is 9.57. The van der Waals surface area contributed by atoms with Crippen LogP contribution in [0.15, 0.2) is 27.5 Å². The van der Waals surface area contributed by atoms with Crippen molar-refractivity contribution in [2.45, 2.75) is 0 Å². The van der Waals surface area contributed by atoms with Gasteiger partial charge in [-0.3, -0.25) is 9.78 Å². The summed E-state index contributed by atoms with van der Waals surface area (Å²) in [6, 6.07) is 5.45. The molecule has 0 amide bonds. The molecule has 0 aliphatic carbocycles. The molecule has 3 aromatic rings. The molecule has 19 heavy (non-hydrogen) atoms. The molecule has 0 fully saturated rings. The molecule has 96 valence electrons. The van der Waals surface area contributed by atoms with Gasteiger partial charge in [0.05, 0.1) is 5.69 Å². The third-order valence-electron chi connectivity index (χ3n) is 2.69. The molecule has 0 spiro atoms. The minimum atomic E-state index is -0.366. The van der Waals surface area contributed by atoms with Crippen LogP contribution in [0.4, 0.5) is 11.6 Å². The molecule has 0 bridgehead atoms. The van der Waals surface area contributed by atoms with Crippen molar-refractivity contribution in [2.24, 2.45) is 0 Å². The van der Waals surface area contributed by atoms with Crippen LogP contribution in [0.2, 0.25) is 0 Å². The van der Waals surface area contributed by atoms with Gasteiger partial charge in [0.25, 0.3) is 5.56 Å². The van der Waals surface area contributed by atoms with E-state index < -0.39 is 0 Å². The maximum atomic E-state index is 11.7. The molecule has 1 aromatic carbocycles. The number of halogens is 1. The SMILES string of the molecule is Nc1nc2nc(-c3cccc(Br)c3N)[nH]c2c(=O)[nH]1. The molecule has 0 unspecified atom stereocenters. The van der Waals surface area contributed by atoms with Crippen LogP contribution < -0.4 is 17.0 Å². The van der Waals surface area contributed by atoms with E-state index in [1.165, 1.54) is 0 Å². The summed E-state index contributed by atoms with van der Waals surface area (Å²) in [4.78, 5) is 25.2. The summed E-state index contributed by atoms with van der Waals surface area (Å²) in [6.45, 7) is 0. The molecule has 0 atom stereocenters. The minimum absolute atomic E-state index is 0.0257. The third kappa shape index (κ3) is 1.85. The molecule has 0 aliphatic rings. The summed E-state index contributed by atoms with van der Waals surface area (Å²) in [6.07, 6.45) is 0. The summed E-state index contributed by atoms with van der Waals surface area (Å²) >= 11 is 3.34. The van der Waals surface area contributed by atoms with Gasteiger partial charge in [-0.1, -0.05) is 6.07 Å². The van der Waals surface area contributed by atoms with Gasteiger partial charge in [-0.05, 0) is 28.1 Å². The smallest absolute Gasteiger partial charge is 0.278 e. The Kier molecular flexibility index (Phi) is 2.53. The number of nitrogen functional groups attached to an aromatic ring is 2. The first kappa shape index (κ1) is 11.7. The van der Waals surface area contributed by atoms with Crippen LogP contribution in [0, 0.1) is 0 Å². The van der Waals surface area contributed by atoms with Crippen LogP contribution >= 0.6 is 15.9 Å². The molecule has 7 nitrogen and oxygen atoms in total. The molecule has 0 saturated heterocycles. The van der Waals surface area contributed by atoms with E-state index in [1.807, 2.05) is 12.1 Å². The number of imidazole rings is 1. The van der Waals surface area contributed by atoms with E-state index in [1.54, 1.807) is 6.07 Å². The fourth-order valence-corrected chi connectivity index (χ4v) is 2.16. The second-order valence-corrected chi connectivity index (χ2v) is 4.79. The van der Waals surface area contributed by atoms with Gasteiger partial charge >= 0.3 is 0 Å². The predicted octanol–water partition coefficient (Wildman–Crippen LogP) is 1.24. The van der Waals surface area contributed by atoms with Gasteiger partial charge in [-0.25, -0.2) is 4.98 Å². The van der Waals surface area contributed by atoms with Gasteiger partial charge < -0.3 is 16.5 Å². The maximum Gasteiger partial charge on any atom is 0.278 e. The summed E-state index contributed by atoms with van der Waals surface area (Å²) in [5, 5.41) is 0. The number of hydrogen-bond donors (Lipinski definition) is 4. The summed E-state index contributed by atoms with van der Waals surface area (Å²) < 4.78 is 0.756. The number of hydrogen-bond acceptors (Lipinski definition) is 5. The molecule has 0 saturated carbocycles. The average molecular weight is 321 g/mol. The van der Waals surface area contributed by atoms with E-state index in [0.29, 0.717) is 17.1 Å². The van der Waals surface area contributed by atoms with E-state index in [2.05, 4.69) is 35.9 Å². The van der Waals surface area contributed by atoms with Crippen LogP contribution in [-0.4, -0.2) is 19.9 Å². The lowest BCUT2D eigenvalue weighted by Crippen LogP contribution is -2.10. The lowest BCUT2D eigenvalue weighted by Gasteiger charge is -2.03. The number of nitrogens with zero attached hydrogens (tertiary/aromatic N) is 2. The van der Waals surface area contributed by atoms with E-state index in [-0.39, 0.29) is 22.7 Å². The number of nitrogens with one attached hydrogen (secondary N) is 2. The molecular weight excluding hydrogens is 312 g/mol. The van der Waals surface area contributed by atoms with Crippen LogP contribution in [0.3, 0.4) is 0 Å². The first-order chi connectivity index (χ1) is 9.06. The van der Waals surface area contributed by atoms with Crippen LogP contribution in [0.25, 0.3) is 22.6 Å². The van der Waals surface area contributed by atoms with Crippen molar-refractivity contribution < 1.29 is 0 Å². The molecule has 2 aromatic heterocycles. The topological polar surface area (TPSA) is 126 Å². The molecule has 8 heteroatoms. The number of aromatic amines is 2. The number of nitrogens with two attached hydrogens (primary N) is 2. The van der Waals surface area contributed by atoms with E-state index in [4.69, 9.17) is 11.5 Å². The Balaban J connectivity index is 2.30. The van der Waals surface area contributed by atoms with Crippen molar-refractivity contribution in [1.82, 2.24) is 19.9 Å². The zero-order valence-corrected chi connectivity index (χ0v) is 11.2. The zero-order chi connectivity index (χ0) is 13.6. The quantitative estimate of drug-likeness (QED) is 0.502. The number of rotatable bonds is 1. The predicted molar refractivity (Wildman–Crippen MR) is 76.5 cm³/mol. The van der Waals surface area contributed by atoms with E-state index in [9.17, 15) is 4.79 Å². The fraction of sp³-hybridized carbons (Fsp3) is 0. The summed E-state index contributed by atoms with van der Waals surface area (Å²) in [7, 11) is 0. The molecule has 0 radical (unpaired) electrons. The Morgan fingerprint density at radius 1 is 1.16 bits per heavy atom. The van der Waals surface area contributed by atoms with Crippen molar-refractivity contribution in [3.05, 3.63) is 33.0 Å². The number of anilines is 2. The van der Waals surface area contributed by atoms with Gasteiger partial charge in [-0.15, -0.1) is 0 Å². The number of H-pyrrole nitrogens is 2. The Morgan fingerprint density at radius 2 is 1.95 bits per heavy atom. The fourth-order valence-electron chi connectivity index (χ4n) is 1.80. The van der Waals surface area contributed by atoms with E-state index >= 15 is 0 Å². The van der Waals surface area contributed by atoms with Crippen molar-refractivity contribution in [3.63, 3.8) is 0 Å². The Labute approximate surface area is 115 Å². The van der Waals surface area contributed by atoms with Gasteiger partial charge in [0, 0.05) is 10.0 Å². The van der Waals surface area contributed by atoms with Gasteiger partial charge in [-0.2, -0.15) is 4.98 Å². The lowest BCUT2D eigenvalue weighted by molar-refractivity contribution is 1.17. The average Bonchev–Trinajstić information content (AvgIpc) is 2.76. The molecule has 6 N–H and O–H groups in total. The standard InChI is InChI=1S/C11H9BrN6O/c12-5-3-1-2-4(6(5)13)8-15-7-9(16-8)17-11(14)18-10(7)19/h1-3H,13H2,(H4,14,15,16,17,18,19). The normalized spacial score (nSPS) is 11.0. The van der Waals surface area contributed by atoms with E-state index in [0.717, 1.165) is 4.47 Å². The van der Waals surface area contributed by atoms with Crippen molar-refractivity contribution in [2.75, 3.05) is 11.5 Å². The first-order valence-corrected chi connectivity index (χ1v) is 6.15. The first-order valence-electron chi connectivity index (χ1n) is 5.36. The second-order valence-electron chi connectivity index (χ2n) is 3.94. The van der Waals surface area contributed by atoms with Crippen LogP contribution in [0.5, 0.6) is 0 Å². The Bertz CT molecular complexity index is 837. The summed E-state index contributed by atoms with van der Waals surface area (Å²) in [5.41, 5.74) is 12.8. The number of para-hydroxylation sites is 1. The van der Waals surface area contributed by atoms with Gasteiger partial charge in [0.15, 0.2) is 11.2 Å². The number of fused-ring (bicyclic) bond motifs is 1. The monoisotopic (exact) mass is 320 g/mol. The Hall–Kier alpha value is -2.35. The highest BCUT2D eigenvalue weighted by Crippen LogP contribution is 2.30. The second kappa shape index (κ2) is 4.09. The van der Waals surface area contributed by atoms with Gasteiger partial charge in [0.1, 0.15) is 5.82 Å². The highest BCUT2D eigenvalue weighted by Gasteiger charge is 2.13. The highest BCUT2D eigenvalue weighted by atomic mass is 79.9. The molecule has 2 heterocycles. The number of aromatic nitrogens is 4. The van der Waals surface area contributed by atoms with Crippen LogP contribution in [0.1, 0.15) is 0 Å².